The number of aryl methyl sites for hydroxylation is 1. The van der Waals surface area contributed by atoms with E-state index in [1.54, 1.807) is 19.5 Å². The van der Waals surface area contributed by atoms with Crippen molar-refractivity contribution >= 4 is 5.91 Å². The molecule has 1 rings (SSSR count). The van der Waals surface area contributed by atoms with E-state index in [4.69, 9.17) is 4.74 Å². The Hall–Kier alpha value is -1.42. The van der Waals surface area contributed by atoms with Gasteiger partial charge in [0.2, 0.25) is 0 Å². The molecular formula is C11H16N2O2. The van der Waals surface area contributed by atoms with Crippen molar-refractivity contribution in [2.45, 2.75) is 13.3 Å². The van der Waals surface area contributed by atoms with Crippen LogP contribution in [0.4, 0.5) is 0 Å². The minimum atomic E-state index is -0.0812. The van der Waals surface area contributed by atoms with Gasteiger partial charge in [-0.2, -0.15) is 0 Å². The Labute approximate surface area is 89.7 Å². The van der Waals surface area contributed by atoms with E-state index >= 15 is 0 Å². The van der Waals surface area contributed by atoms with Crippen LogP contribution in [0.1, 0.15) is 22.3 Å². The fraction of sp³-hybridized carbons (Fsp3) is 0.455. The minimum Gasteiger partial charge on any atom is -0.385 e. The van der Waals surface area contributed by atoms with Crippen LogP contribution in [0.3, 0.4) is 0 Å². The molecule has 0 bridgehead atoms. The van der Waals surface area contributed by atoms with Crippen molar-refractivity contribution in [2.75, 3.05) is 20.3 Å². The van der Waals surface area contributed by atoms with Gasteiger partial charge in [-0.25, -0.2) is 0 Å². The van der Waals surface area contributed by atoms with Crippen LogP contribution in [0.5, 0.6) is 0 Å². The molecule has 1 amide bonds. The summed E-state index contributed by atoms with van der Waals surface area (Å²) >= 11 is 0. The van der Waals surface area contributed by atoms with Crippen molar-refractivity contribution in [3.8, 4) is 0 Å². The lowest BCUT2D eigenvalue weighted by Gasteiger charge is -2.04. The number of nitrogens with one attached hydrogen (secondary N) is 1. The predicted molar refractivity (Wildman–Crippen MR) is 57.8 cm³/mol. The Balaban J connectivity index is 2.40. The number of rotatable bonds is 5. The number of aromatic nitrogens is 1. The fourth-order valence-corrected chi connectivity index (χ4v) is 1.20. The highest BCUT2D eigenvalue weighted by Gasteiger charge is 2.04. The van der Waals surface area contributed by atoms with Gasteiger partial charge in [0.25, 0.3) is 5.91 Å². The Morgan fingerprint density at radius 2 is 2.33 bits per heavy atom. The smallest absolute Gasteiger partial charge is 0.252 e. The molecule has 0 fully saturated rings. The largest absolute Gasteiger partial charge is 0.385 e. The lowest BCUT2D eigenvalue weighted by Crippen LogP contribution is -2.25. The SMILES string of the molecule is COCCCNC(=O)c1cncc(C)c1. The maximum absolute atomic E-state index is 11.6. The summed E-state index contributed by atoms with van der Waals surface area (Å²) in [5.74, 6) is -0.0812. The summed E-state index contributed by atoms with van der Waals surface area (Å²) in [6.45, 7) is 3.20. The first-order chi connectivity index (χ1) is 7.24. The summed E-state index contributed by atoms with van der Waals surface area (Å²) in [6.07, 6.45) is 4.11. The van der Waals surface area contributed by atoms with E-state index in [0.29, 0.717) is 18.7 Å². The van der Waals surface area contributed by atoms with Gasteiger partial charge >= 0.3 is 0 Å². The molecule has 0 saturated heterocycles. The Kier molecular flexibility index (Phi) is 4.77. The molecule has 1 N–H and O–H groups in total. The second-order valence-corrected chi connectivity index (χ2v) is 3.35. The van der Waals surface area contributed by atoms with Gasteiger partial charge in [0.1, 0.15) is 0 Å². The third-order valence-electron chi connectivity index (χ3n) is 1.95. The summed E-state index contributed by atoms with van der Waals surface area (Å²) in [4.78, 5) is 15.5. The first kappa shape index (κ1) is 11.7. The van der Waals surface area contributed by atoms with Crippen molar-refractivity contribution in [1.29, 1.82) is 0 Å². The van der Waals surface area contributed by atoms with E-state index in [0.717, 1.165) is 12.0 Å². The molecule has 1 aromatic heterocycles. The molecule has 0 aliphatic rings. The zero-order valence-electron chi connectivity index (χ0n) is 9.12. The van der Waals surface area contributed by atoms with Crippen molar-refractivity contribution in [3.63, 3.8) is 0 Å². The molecule has 1 heterocycles. The van der Waals surface area contributed by atoms with Crippen molar-refractivity contribution in [1.82, 2.24) is 10.3 Å². The zero-order valence-corrected chi connectivity index (χ0v) is 9.12. The van der Waals surface area contributed by atoms with Crippen LogP contribution in [0.15, 0.2) is 18.5 Å². The van der Waals surface area contributed by atoms with E-state index < -0.39 is 0 Å². The van der Waals surface area contributed by atoms with Gasteiger partial charge in [0.05, 0.1) is 5.56 Å². The molecule has 0 unspecified atom stereocenters. The van der Waals surface area contributed by atoms with Gasteiger partial charge in [-0.05, 0) is 25.0 Å². The molecule has 1 aromatic rings. The third kappa shape index (κ3) is 4.08. The van der Waals surface area contributed by atoms with Gasteiger partial charge in [-0.15, -0.1) is 0 Å². The molecule has 0 atom stereocenters. The number of pyridine rings is 1. The Bertz CT molecular complexity index is 326. The number of ether oxygens (including phenoxy) is 1. The number of carbonyl (C=O) groups excluding carboxylic acids is 1. The van der Waals surface area contributed by atoms with Crippen molar-refractivity contribution in [2.24, 2.45) is 0 Å². The summed E-state index contributed by atoms with van der Waals surface area (Å²) in [7, 11) is 1.65. The van der Waals surface area contributed by atoms with Gasteiger partial charge in [-0.3, -0.25) is 9.78 Å². The molecule has 82 valence electrons. The van der Waals surface area contributed by atoms with Crippen LogP contribution in [0, 0.1) is 6.92 Å². The van der Waals surface area contributed by atoms with Gasteiger partial charge in [0, 0.05) is 32.7 Å². The second-order valence-electron chi connectivity index (χ2n) is 3.35. The van der Waals surface area contributed by atoms with Crippen LogP contribution in [-0.4, -0.2) is 31.2 Å². The quantitative estimate of drug-likeness (QED) is 0.739. The highest BCUT2D eigenvalue weighted by atomic mass is 16.5. The zero-order chi connectivity index (χ0) is 11.1. The van der Waals surface area contributed by atoms with Crippen LogP contribution in [0.2, 0.25) is 0 Å². The standard InChI is InChI=1S/C11H16N2O2/c1-9-6-10(8-12-7-9)11(14)13-4-3-5-15-2/h6-8H,3-5H2,1-2H3,(H,13,14). The van der Waals surface area contributed by atoms with E-state index in [-0.39, 0.29) is 5.91 Å². The lowest BCUT2D eigenvalue weighted by atomic mass is 10.2. The first-order valence-corrected chi connectivity index (χ1v) is 4.93. The van der Waals surface area contributed by atoms with E-state index in [1.807, 2.05) is 13.0 Å². The normalized spacial score (nSPS) is 10.0. The molecule has 0 spiro atoms. The maximum atomic E-state index is 11.6. The number of nitrogens with zero attached hydrogens (tertiary/aromatic N) is 1. The minimum absolute atomic E-state index is 0.0812. The molecule has 0 aliphatic heterocycles. The average molecular weight is 208 g/mol. The molecule has 0 saturated carbocycles. The van der Waals surface area contributed by atoms with Crippen LogP contribution < -0.4 is 5.32 Å². The fourth-order valence-electron chi connectivity index (χ4n) is 1.20. The monoisotopic (exact) mass is 208 g/mol. The van der Waals surface area contributed by atoms with Crippen molar-refractivity contribution < 1.29 is 9.53 Å². The molecular weight excluding hydrogens is 192 g/mol. The third-order valence-corrected chi connectivity index (χ3v) is 1.95. The molecule has 15 heavy (non-hydrogen) atoms. The van der Waals surface area contributed by atoms with E-state index in [1.165, 1.54) is 0 Å². The summed E-state index contributed by atoms with van der Waals surface area (Å²) in [6, 6.07) is 1.82. The molecule has 0 aliphatic carbocycles. The number of methoxy groups -OCH3 is 1. The first-order valence-electron chi connectivity index (χ1n) is 4.93. The number of hydrogen-bond donors (Lipinski definition) is 1. The molecule has 0 aromatic carbocycles. The molecule has 4 nitrogen and oxygen atoms in total. The van der Waals surface area contributed by atoms with Crippen LogP contribution in [0.25, 0.3) is 0 Å². The highest BCUT2D eigenvalue weighted by molar-refractivity contribution is 5.93. The van der Waals surface area contributed by atoms with E-state index in [2.05, 4.69) is 10.3 Å². The topological polar surface area (TPSA) is 51.2 Å². The predicted octanol–water partition coefficient (Wildman–Crippen LogP) is 1.16. The van der Waals surface area contributed by atoms with Crippen molar-refractivity contribution in [3.05, 3.63) is 29.6 Å². The highest BCUT2D eigenvalue weighted by Crippen LogP contribution is 2.00. The van der Waals surface area contributed by atoms with Crippen LogP contribution >= 0.6 is 0 Å². The lowest BCUT2D eigenvalue weighted by molar-refractivity contribution is 0.0948. The molecule has 4 heteroatoms. The van der Waals surface area contributed by atoms with Gasteiger partial charge in [-0.1, -0.05) is 0 Å². The van der Waals surface area contributed by atoms with E-state index in [9.17, 15) is 4.79 Å². The number of carbonyl (C=O) groups is 1. The molecule has 0 radical (unpaired) electrons. The summed E-state index contributed by atoms with van der Waals surface area (Å²) in [5.41, 5.74) is 1.59. The van der Waals surface area contributed by atoms with Gasteiger partial charge < -0.3 is 10.1 Å². The summed E-state index contributed by atoms with van der Waals surface area (Å²) in [5, 5.41) is 2.80. The van der Waals surface area contributed by atoms with Gasteiger partial charge in [0.15, 0.2) is 0 Å². The average Bonchev–Trinajstić information content (AvgIpc) is 2.24. The number of hydrogen-bond acceptors (Lipinski definition) is 3. The summed E-state index contributed by atoms with van der Waals surface area (Å²) < 4.78 is 4.88. The Morgan fingerprint density at radius 3 is 3.00 bits per heavy atom. The maximum Gasteiger partial charge on any atom is 0.252 e. The second kappa shape index (κ2) is 6.14. The number of amides is 1. The Morgan fingerprint density at radius 1 is 1.53 bits per heavy atom. The van der Waals surface area contributed by atoms with Crippen LogP contribution in [-0.2, 0) is 4.74 Å².